The minimum atomic E-state index is -0.342. The van der Waals surface area contributed by atoms with Crippen LogP contribution in [0, 0.1) is 0 Å². The SMILES string of the molecule is CCC/C=C(\CO)CC(C)O. The molecule has 0 heterocycles. The van der Waals surface area contributed by atoms with Crippen LogP contribution in [0.15, 0.2) is 11.6 Å². The van der Waals surface area contributed by atoms with Crippen molar-refractivity contribution in [3.05, 3.63) is 11.6 Å². The second kappa shape index (κ2) is 6.38. The average molecular weight is 158 g/mol. The molecule has 0 amide bonds. The van der Waals surface area contributed by atoms with Crippen LogP contribution in [0.3, 0.4) is 0 Å². The normalized spacial score (nSPS) is 15.1. The molecular formula is C9H18O2. The molecule has 0 fully saturated rings. The Morgan fingerprint density at radius 1 is 1.55 bits per heavy atom. The van der Waals surface area contributed by atoms with Gasteiger partial charge in [-0.15, -0.1) is 0 Å². The highest BCUT2D eigenvalue weighted by Crippen LogP contribution is 2.06. The second-order valence-corrected chi connectivity index (χ2v) is 2.86. The third-order valence-corrected chi connectivity index (χ3v) is 1.48. The van der Waals surface area contributed by atoms with Gasteiger partial charge in [-0.1, -0.05) is 19.4 Å². The Balaban J connectivity index is 3.73. The van der Waals surface area contributed by atoms with Gasteiger partial charge in [0.1, 0.15) is 0 Å². The highest BCUT2D eigenvalue weighted by molar-refractivity contribution is 5.02. The van der Waals surface area contributed by atoms with Gasteiger partial charge < -0.3 is 10.2 Å². The van der Waals surface area contributed by atoms with E-state index in [1.54, 1.807) is 6.92 Å². The minimum absolute atomic E-state index is 0.0743. The van der Waals surface area contributed by atoms with Crippen LogP contribution in [-0.2, 0) is 0 Å². The van der Waals surface area contributed by atoms with E-state index in [9.17, 15) is 0 Å². The molecule has 0 saturated carbocycles. The zero-order valence-corrected chi connectivity index (χ0v) is 7.38. The van der Waals surface area contributed by atoms with Crippen molar-refractivity contribution in [2.75, 3.05) is 6.61 Å². The van der Waals surface area contributed by atoms with E-state index in [4.69, 9.17) is 10.2 Å². The molecule has 1 atom stereocenters. The van der Waals surface area contributed by atoms with Crippen LogP contribution in [0.1, 0.15) is 33.1 Å². The number of hydrogen-bond donors (Lipinski definition) is 2. The lowest BCUT2D eigenvalue weighted by molar-refractivity contribution is 0.188. The zero-order valence-electron chi connectivity index (χ0n) is 7.38. The summed E-state index contributed by atoms with van der Waals surface area (Å²) in [5, 5.41) is 17.8. The first kappa shape index (κ1) is 10.7. The summed E-state index contributed by atoms with van der Waals surface area (Å²) in [6.07, 6.45) is 4.33. The molecule has 0 spiro atoms. The third-order valence-electron chi connectivity index (χ3n) is 1.48. The van der Waals surface area contributed by atoms with Gasteiger partial charge in [-0.05, 0) is 25.3 Å². The van der Waals surface area contributed by atoms with E-state index < -0.39 is 0 Å². The molecule has 66 valence electrons. The number of aliphatic hydroxyl groups excluding tert-OH is 2. The first-order valence-corrected chi connectivity index (χ1v) is 4.17. The summed E-state index contributed by atoms with van der Waals surface area (Å²) in [5.41, 5.74) is 0.946. The molecule has 0 aromatic carbocycles. The topological polar surface area (TPSA) is 40.5 Å². The molecule has 0 saturated heterocycles. The molecule has 2 nitrogen and oxygen atoms in total. The van der Waals surface area contributed by atoms with Gasteiger partial charge in [0.25, 0.3) is 0 Å². The van der Waals surface area contributed by atoms with E-state index in [-0.39, 0.29) is 12.7 Å². The molecule has 0 aliphatic rings. The second-order valence-electron chi connectivity index (χ2n) is 2.86. The van der Waals surface area contributed by atoms with Gasteiger partial charge in [0, 0.05) is 0 Å². The summed E-state index contributed by atoms with van der Waals surface area (Å²) >= 11 is 0. The number of aliphatic hydroxyl groups is 2. The third kappa shape index (κ3) is 6.07. The highest BCUT2D eigenvalue weighted by Gasteiger charge is 1.99. The summed E-state index contributed by atoms with van der Waals surface area (Å²) in [6.45, 7) is 3.90. The maximum atomic E-state index is 9.00. The summed E-state index contributed by atoms with van der Waals surface area (Å²) < 4.78 is 0. The number of allylic oxidation sites excluding steroid dienone is 1. The van der Waals surface area contributed by atoms with Gasteiger partial charge in [0.15, 0.2) is 0 Å². The van der Waals surface area contributed by atoms with Crippen molar-refractivity contribution in [2.24, 2.45) is 0 Å². The monoisotopic (exact) mass is 158 g/mol. The van der Waals surface area contributed by atoms with Crippen LogP contribution in [-0.4, -0.2) is 22.9 Å². The molecule has 0 aromatic heterocycles. The van der Waals surface area contributed by atoms with Crippen LogP contribution in [0.2, 0.25) is 0 Å². The summed E-state index contributed by atoms with van der Waals surface area (Å²) in [5.74, 6) is 0. The highest BCUT2D eigenvalue weighted by atomic mass is 16.3. The number of rotatable bonds is 5. The summed E-state index contributed by atoms with van der Waals surface area (Å²) in [4.78, 5) is 0. The Kier molecular flexibility index (Phi) is 6.18. The van der Waals surface area contributed by atoms with E-state index in [1.807, 2.05) is 6.08 Å². The van der Waals surface area contributed by atoms with Gasteiger partial charge >= 0.3 is 0 Å². The quantitative estimate of drug-likeness (QED) is 0.595. The maximum Gasteiger partial charge on any atom is 0.0642 e. The Labute approximate surface area is 68.6 Å². The van der Waals surface area contributed by atoms with Gasteiger partial charge in [-0.3, -0.25) is 0 Å². The van der Waals surface area contributed by atoms with Crippen molar-refractivity contribution in [3.8, 4) is 0 Å². The zero-order chi connectivity index (χ0) is 8.69. The van der Waals surface area contributed by atoms with E-state index >= 15 is 0 Å². The van der Waals surface area contributed by atoms with Crippen molar-refractivity contribution in [1.29, 1.82) is 0 Å². The average Bonchev–Trinajstić information content (AvgIpc) is 1.97. The van der Waals surface area contributed by atoms with Crippen LogP contribution in [0.25, 0.3) is 0 Å². The van der Waals surface area contributed by atoms with E-state index in [0.717, 1.165) is 18.4 Å². The Bertz CT molecular complexity index is 117. The molecule has 0 aliphatic carbocycles. The van der Waals surface area contributed by atoms with E-state index in [1.165, 1.54) is 0 Å². The van der Waals surface area contributed by atoms with E-state index in [2.05, 4.69) is 6.92 Å². The van der Waals surface area contributed by atoms with Crippen LogP contribution in [0.5, 0.6) is 0 Å². The largest absolute Gasteiger partial charge is 0.393 e. The molecule has 0 aliphatic heterocycles. The fourth-order valence-electron chi connectivity index (χ4n) is 0.940. The first-order chi connectivity index (χ1) is 5.20. The van der Waals surface area contributed by atoms with Gasteiger partial charge in [0.2, 0.25) is 0 Å². The van der Waals surface area contributed by atoms with Crippen LogP contribution >= 0.6 is 0 Å². The summed E-state index contributed by atoms with van der Waals surface area (Å²) in [6, 6.07) is 0. The smallest absolute Gasteiger partial charge is 0.0642 e. The van der Waals surface area contributed by atoms with Crippen LogP contribution < -0.4 is 0 Å². The molecule has 0 rings (SSSR count). The lowest BCUT2D eigenvalue weighted by Gasteiger charge is -2.05. The van der Waals surface area contributed by atoms with Crippen molar-refractivity contribution in [1.82, 2.24) is 0 Å². The van der Waals surface area contributed by atoms with Gasteiger partial charge in [0.05, 0.1) is 12.7 Å². The minimum Gasteiger partial charge on any atom is -0.393 e. The van der Waals surface area contributed by atoms with E-state index in [0.29, 0.717) is 6.42 Å². The Hall–Kier alpha value is -0.340. The molecule has 0 radical (unpaired) electrons. The Morgan fingerprint density at radius 3 is 2.55 bits per heavy atom. The lowest BCUT2D eigenvalue weighted by atomic mass is 10.1. The fourth-order valence-corrected chi connectivity index (χ4v) is 0.940. The van der Waals surface area contributed by atoms with Gasteiger partial charge in [-0.2, -0.15) is 0 Å². The predicted molar refractivity (Wildman–Crippen MR) is 46.4 cm³/mol. The number of hydrogen-bond acceptors (Lipinski definition) is 2. The first-order valence-electron chi connectivity index (χ1n) is 4.17. The van der Waals surface area contributed by atoms with Crippen molar-refractivity contribution < 1.29 is 10.2 Å². The molecule has 1 unspecified atom stereocenters. The summed E-state index contributed by atoms with van der Waals surface area (Å²) in [7, 11) is 0. The Morgan fingerprint density at radius 2 is 2.18 bits per heavy atom. The predicted octanol–water partition coefficient (Wildman–Crippen LogP) is 1.48. The molecule has 0 bridgehead atoms. The number of unbranched alkanes of at least 4 members (excludes halogenated alkanes) is 1. The molecule has 2 N–H and O–H groups in total. The standard InChI is InChI=1S/C9H18O2/c1-3-4-5-9(7-10)6-8(2)11/h5,8,10-11H,3-4,6-7H2,1-2H3/b9-5-. The molecule has 0 aromatic rings. The van der Waals surface area contributed by atoms with Crippen molar-refractivity contribution in [2.45, 2.75) is 39.2 Å². The molecular weight excluding hydrogens is 140 g/mol. The molecule has 11 heavy (non-hydrogen) atoms. The van der Waals surface area contributed by atoms with Gasteiger partial charge in [-0.25, -0.2) is 0 Å². The maximum absolute atomic E-state index is 9.00. The van der Waals surface area contributed by atoms with Crippen LogP contribution in [0.4, 0.5) is 0 Å². The van der Waals surface area contributed by atoms with Crippen molar-refractivity contribution in [3.63, 3.8) is 0 Å². The molecule has 2 heteroatoms. The van der Waals surface area contributed by atoms with Crippen molar-refractivity contribution >= 4 is 0 Å². The fraction of sp³-hybridized carbons (Fsp3) is 0.778. The lowest BCUT2D eigenvalue weighted by Crippen LogP contribution is -2.03.